The first kappa shape index (κ1) is 28.9. The van der Waals surface area contributed by atoms with Crippen LogP contribution in [0.25, 0.3) is 43.5 Å². The molecule has 5 nitrogen and oxygen atoms in total. The summed E-state index contributed by atoms with van der Waals surface area (Å²) in [7, 11) is 0. The molecular weight excluding hydrogens is 733 g/mol. The van der Waals surface area contributed by atoms with E-state index in [-0.39, 0.29) is 49.2 Å². The summed E-state index contributed by atoms with van der Waals surface area (Å²) in [6, 6.07) is 14.6. The van der Waals surface area contributed by atoms with Gasteiger partial charge in [-0.1, -0.05) is 50.8 Å². The Balaban J connectivity index is 0.000000259. The Hall–Kier alpha value is -2.86. The molecule has 1 aromatic carbocycles. The van der Waals surface area contributed by atoms with Gasteiger partial charge in [0, 0.05) is 63.5 Å². The van der Waals surface area contributed by atoms with Crippen LogP contribution >= 0.6 is 11.3 Å². The molecule has 1 radical (unpaired) electrons. The van der Waals surface area contributed by atoms with Gasteiger partial charge < -0.3 is 9.52 Å². The van der Waals surface area contributed by atoms with Crippen LogP contribution in [0.15, 0.2) is 52.7 Å². The van der Waals surface area contributed by atoms with Crippen molar-refractivity contribution in [1.82, 2.24) is 9.97 Å². The first-order chi connectivity index (χ1) is 21.6. The minimum Gasteiger partial charge on any atom is -0.512 e. The second kappa shape index (κ2) is 14.7. The Kier molecular flexibility index (Phi) is 9.90. The fourth-order valence-electron chi connectivity index (χ4n) is 5.87. The topological polar surface area (TPSA) is 76.2 Å². The van der Waals surface area contributed by atoms with Gasteiger partial charge in [0.15, 0.2) is 5.78 Å². The van der Waals surface area contributed by atoms with Crippen LogP contribution in [0.3, 0.4) is 0 Å². The van der Waals surface area contributed by atoms with E-state index in [1.54, 1.807) is 23.5 Å². The van der Waals surface area contributed by atoms with E-state index >= 15 is 0 Å². The summed E-state index contributed by atoms with van der Waals surface area (Å²) in [5.41, 5.74) is 4.04. The Bertz CT molecular complexity index is 1850. The first-order valence-electron chi connectivity index (χ1n) is 16.7. The predicted molar refractivity (Wildman–Crippen MR) is 174 cm³/mol. The number of carbonyl (C=O) groups is 1. The Labute approximate surface area is 276 Å². The van der Waals surface area contributed by atoms with Gasteiger partial charge in [-0.2, -0.15) is 0 Å². The standard InChI is InChI=1S/C23H17N2OS.C13H24O2.Ir/c1-13-9-10-16-15-6-4-7-18(21(15)26-22(16)24-13)19-12-11-17-14-5-2-3-8-20(14)27-23(17)25-19;1-5-10(6-2)12(14)9-13(15)11(7-3)8-4;/h4,6,9-12H,2-3,5,8H2,1H3;9-11,14H,5-8H2,1-4H3;/q-1;;/b;12-9-;/i1D3;;. The van der Waals surface area contributed by atoms with Crippen molar-refractivity contribution >= 4 is 49.4 Å². The number of aliphatic hydroxyl groups is 1. The number of ketones is 1. The molecule has 6 rings (SSSR count). The molecule has 0 fully saturated rings. The summed E-state index contributed by atoms with van der Waals surface area (Å²) < 4.78 is 28.9. The van der Waals surface area contributed by atoms with Crippen molar-refractivity contribution in [1.29, 1.82) is 0 Å². The summed E-state index contributed by atoms with van der Waals surface area (Å²) in [6.45, 7) is 5.80. The number of nitrogens with zero attached hydrogens (tertiary/aromatic N) is 2. The number of aliphatic hydroxyl groups excluding tert-OH is 1. The van der Waals surface area contributed by atoms with Gasteiger partial charge in [-0.15, -0.1) is 29.5 Å². The molecule has 5 aromatic rings. The molecule has 0 saturated heterocycles. The number of allylic oxidation sites excluding steroid dienone is 2. The molecule has 1 aliphatic rings. The van der Waals surface area contributed by atoms with Crippen molar-refractivity contribution in [3.05, 3.63) is 70.4 Å². The molecule has 0 bridgehead atoms. The molecule has 0 saturated carbocycles. The van der Waals surface area contributed by atoms with Crippen molar-refractivity contribution in [3.8, 4) is 11.3 Å². The van der Waals surface area contributed by atoms with Crippen LogP contribution in [0.4, 0.5) is 0 Å². The van der Waals surface area contributed by atoms with E-state index in [0.717, 1.165) is 65.4 Å². The Morgan fingerprint density at radius 1 is 1.00 bits per heavy atom. The average Bonchev–Trinajstić information content (AvgIpc) is 3.59. The van der Waals surface area contributed by atoms with Gasteiger partial charge in [-0.25, -0.2) is 4.98 Å². The smallest absolute Gasteiger partial charge is 0.216 e. The zero-order valence-electron chi connectivity index (χ0n) is 28.3. The summed E-state index contributed by atoms with van der Waals surface area (Å²) in [5, 5.41) is 12.7. The minimum atomic E-state index is -2.27. The number of fused-ring (bicyclic) bond motifs is 6. The van der Waals surface area contributed by atoms with Crippen molar-refractivity contribution in [3.63, 3.8) is 0 Å². The molecule has 0 aliphatic heterocycles. The SMILES string of the molecule is CCC(CC)C(=O)/C=C(\O)C(CC)CC.[2H]C([2H])([2H])c1ccc2c(n1)oc1c(-c3ccc4c5c(sc4n3)CCCC5)[c-]ccc12.[Ir]. The normalized spacial score (nSPS) is 14.7. The number of furan rings is 1. The molecule has 229 valence electrons. The molecule has 7 heteroatoms. The second-order valence-corrected chi connectivity index (χ2v) is 12.1. The zero-order valence-corrected chi connectivity index (χ0v) is 28.5. The fourth-order valence-corrected chi connectivity index (χ4v) is 7.13. The molecule has 1 N–H and O–H groups in total. The quantitative estimate of drug-likeness (QED) is 0.0965. The van der Waals surface area contributed by atoms with Crippen molar-refractivity contribution in [2.45, 2.75) is 85.9 Å². The third-order valence-electron chi connectivity index (χ3n) is 8.46. The van der Waals surface area contributed by atoms with Crippen molar-refractivity contribution in [2.75, 3.05) is 0 Å². The second-order valence-electron chi connectivity index (χ2n) is 11.0. The third-order valence-corrected chi connectivity index (χ3v) is 9.66. The van der Waals surface area contributed by atoms with E-state index in [2.05, 4.69) is 17.1 Å². The van der Waals surface area contributed by atoms with Crippen LogP contribution in [0.1, 0.15) is 86.5 Å². The molecule has 0 amide bonds. The molecular formula is C36H41IrN2O3S-. The molecule has 0 spiro atoms. The van der Waals surface area contributed by atoms with Crippen LogP contribution in [0.2, 0.25) is 0 Å². The number of pyridine rings is 2. The molecule has 0 unspecified atom stereocenters. The molecule has 43 heavy (non-hydrogen) atoms. The van der Waals surface area contributed by atoms with Gasteiger partial charge >= 0.3 is 0 Å². The molecule has 4 aromatic heterocycles. The number of hydrogen-bond donors (Lipinski definition) is 1. The van der Waals surface area contributed by atoms with Gasteiger partial charge in [-0.3, -0.25) is 9.78 Å². The van der Waals surface area contributed by atoms with Gasteiger partial charge in [0.05, 0.1) is 11.3 Å². The molecule has 0 atom stereocenters. The first-order valence-corrected chi connectivity index (χ1v) is 16.0. The number of aryl methyl sites for hydroxylation is 3. The third kappa shape index (κ3) is 6.95. The molecule has 1 aliphatic carbocycles. The molecule has 4 heterocycles. The van der Waals surface area contributed by atoms with Crippen LogP contribution < -0.4 is 0 Å². The van der Waals surface area contributed by atoms with Gasteiger partial charge in [0.1, 0.15) is 4.83 Å². The van der Waals surface area contributed by atoms with E-state index in [9.17, 15) is 9.90 Å². The number of hydrogen-bond acceptors (Lipinski definition) is 6. The van der Waals surface area contributed by atoms with Gasteiger partial charge in [-0.05, 0) is 81.6 Å². The maximum Gasteiger partial charge on any atom is 0.216 e. The van der Waals surface area contributed by atoms with Crippen LogP contribution in [-0.4, -0.2) is 20.9 Å². The van der Waals surface area contributed by atoms with E-state index in [0.29, 0.717) is 11.3 Å². The summed E-state index contributed by atoms with van der Waals surface area (Å²) in [4.78, 5) is 23.4. The summed E-state index contributed by atoms with van der Waals surface area (Å²) in [6.07, 6.45) is 9.69. The van der Waals surface area contributed by atoms with Gasteiger partial charge in [0.2, 0.25) is 5.71 Å². The predicted octanol–water partition coefficient (Wildman–Crippen LogP) is 10.1. The van der Waals surface area contributed by atoms with E-state index in [1.807, 2.05) is 45.9 Å². The van der Waals surface area contributed by atoms with Crippen LogP contribution in [-0.2, 0) is 37.7 Å². The largest absolute Gasteiger partial charge is 0.512 e. The van der Waals surface area contributed by atoms with Crippen molar-refractivity contribution < 1.29 is 38.5 Å². The average molecular weight is 777 g/mol. The number of thiophene rings is 1. The zero-order chi connectivity index (χ0) is 32.3. The summed E-state index contributed by atoms with van der Waals surface area (Å²) in [5.74, 6) is 0.547. The fraction of sp³-hybridized carbons (Fsp3) is 0.417. The van der Waals surface area contributed by atoms with Gasteiger partial charge in [0.25, 0.3) is 0 Å². The van der Waals surface area contributed by atoms with Crippen LogP contribution in [0.5, 0.6) is 0 Å². The number of rotatable bonds is 8. The Morgan fingerprint density at radius 2 is 1.72 bits per heavy atom. The Morgan fingerprint density at radius 3 is 2.44 bits per heavy atom. The van der Waals surface area contributed by atoms with E-state index in [4.69, 9.17) is 13.5 Å². The van der Waals surface area contributed by atoms with E-state index < -0.39 is 6.85 Å². The number of carbonyl (C=O) groups excluding carboxylic acids is 1. The van der Waals surface area contributed by atoms with Crippen molar-refractivity contribution in [2.24, 2.45) is 11.8 Å². The maximum absolute atomic E-state index is 11.7. The van der Waals surface area contributed by atoms with Crippen LogP contribution in [0, 0.1) is 24.8 Å². The van der Waals surface area contributed by atoms with E-state index in [1.165, 1.54) is 34.7 Å². The minimum absolute atomic E-state index is 0. The maximum atomic E-state index is 11.7. The summed E-state index contributed by atoms with van der Waals surface area (Å²) >= 11 is 1.79. The monoisotopic (exact) mass is 777 g/mol. The number of aromatic nitrogens is 2. The number of benzene rings is 1.